The highest BCUT2D eigenvalue weighted by Crippen LogP contribution is 2.33. The van der Waals surface area contributed by atoms with E-state index in [-0.39, 0.29) is 18.2 Å². The Balaban J connectivity index is 1.73. The number of amides is 2. The predicted octanol–water partition coefficient (Wildman–Crippen LogP) is 4.55. The highest BCUT2D eigenvalue weighted by atomic mass is 32.2. The third-order valence-corrected chi connectivity index (χ3v) is 6.09. The number of nitrogens with one attached hydrogen (secondary N) is 1. The molecule has 7 nitrogen and oxygen atoms in total. The molecule has 0 aliphatic carbocycles. The number of anilines is 1. The monoisotopic (exact) mass is 469 g/mol. The summed E-state index contributed by atoms with van der Waals surface area (Å²) in [6.45, 7) is 1.92. The summed E-state index contributed by atoms with van der Waals surface area (Å²) in [7, 11) is 0. The summed E-state index contributed by atoms with van der Waals surface area (Å²) < 4.78 is 0.492. The van der Waals surface area contributed by atoms with Crippen molar-refractivity contribution in [2.24, 2.45) is 0 Å². The minimum atomic E-state index is -0.812. The van der Waals surface area contributed by atoms with Crippen molar-refractivity contribution in [3.05, 3.63) is 53.1 Å². The molecule has 2 heterocycles. The van der Waals surface area contributed by atoms with Crippen molar-refractivity contribution in [2.45, 2.75) is 32.6 Å². The molecule has 3 rings (SSSR count). The predicted molar refractivity (Wildman–Crippen MR) is 130 cm³/mol. The number of hydrogen-bond donors (Lipinski definition) is 2. The molecule has 0 bridgehead atoms. The van der Waals surface area contributed by atoms with Crippen LogP contribution in [-0.4, -0.2) is 43.6 Å². The van der Waals surface area contributed by atoms with Gasteiger partial charge in [0.05, 0.1) is 22.0 Å². The van der Waals surface area contributed by atoms with Crippen LogP contribution in [-0.2, 0) is 14.4 Å². The number of aliphatic carboxylic acids is 1. The van der Waals surface area contributed by atoms with Crippen molar-refractivity contribution in [1.29, 1.82) is 0 Å². The van der Waals surface area contributed by atoms with Crippen LogP contribution in [0.15, 0.2) is 47.4 Å². The first-order chi connectivity index (χ1) is 15.3. The Kier molecular flexibility index (Phi) is 8.13. The number of carbonyl (C=O) groups is 3. The summed E-state index contributed by atoms with van der Waals surface area (Å²) >= 11 is 6.60. The van der Waals surface area contributed by atoms with E-state index in [1.807, 2.05) is 42.5 Å². The van der Waals surface area contributed by atoms with Gasteiger partial charge in [-0.05, 0) is 37.1 Å². The van der Waals surface area contributed by atoms with Crippen molar-refractivity contribution in [3.63, 3.8) is 0 Å². The van der Waals surface area contributed by atoms with Gasteiger partial charge in [0, 0.05) is 25.5 Å². The minimum Gasteiger partial charge on any atom is -0.481 e. The first kappa shape index (κ1) is 23.6. The van der Waals surface area contributed by atoms with Crippen molar-refractivity contribution >= 4 is 57.8 Å². The molecule has 2 amide bonds. The summed E-state index contributed by atoms with van der Waals surface area (Å²) in [6.07, 6.45) is 3.84. The molecule has 166 valence electrons. The van der Waals surface area contributed by atoms with Gasteiger partial charge in [0.1, 0.15) is 4.32 Å². The number of rotatable bonds is 9. The first-order valence-corrected chi connectivity index (χ1v) is 11.4. The number of carboxylic acids is 1. The molecule has 2 N–H and O–H groups in total. The average Bonchev–Trinajstić information content (AvgIpc) is 3.00. The number of benzene rings is 1. The molecule has 0 radical (unpaired) electrons. The van der Waals surface area contributed by atoms with Gasteiger partial charge < -0.3 is 10.4 Å². The SMILES string of the molecule is CC(=O)Nc1ccccc1-c1cccc(C=C2SC(=S)N(CCCCCC(=O)O)C2=O)n1. The Morgan fingerprint density at radius 3 is 2.69 bits per heavy atom. The first-order valence-electron chi connectivity index (χ1n) is 10.2. The van der Waals surface area contributed by atoms with Crippen molar-refractivity contribution < 1.29 is 19.5 Å². The molecular weight excluding hydrogens is 446 g/mol. The zero-order valence-electron chi connectivity index (χ0n) is 17.5. The Labute approximate surface area is 195 Å². The van der Waals surface area contributed by atoms with E-state index in [0.717, 1.165) is 12.0 Å². The number of unbranched alkanes of at least 4 members (excludes halogenated alkanes) is 2. The van der Waals surface area contributed by atoms with Crippen LogP contribution in [0.5, 0.6) is 0 Å². The van der Waals surface area contributed by atoms with Gasteiger partial charge in [-0.2, -0.15) is 0 Å². The number of thiocarbonyl (C=S) groups is 1. The van der Waals surface area contributed by atoms with Crippen LogP contribution >= 0.6 is 24.0 Å². The van der Waals surface area contributed by atoms with Gasteiger partial charge in [-0.3, -0.25) is 19.3 Å². The zero-order chi connectivity index (χ0) is 23.1. The van der Waals surface area contributed by atoms with Crippen LogP contribution in [0.4, 0.5) is 5.69 Å². The van der Waals surface area contributed by atoms with Crippen molar-refractivity contribution in [2.75, 3.05) is 11.9 Å². The standard InChI is InChI=1S/C23H23N3O4S2/c1-15(27)24-18-10-5-4-9-17(18)19-11-7-8-16(25-19)14-20-22(30)26(23(31)32-20)13-6-2-3-12-21(28)29/h4-5,7-11,14H,2-3,6,12-13H2,1H3,(H,24,27)(H,28,29). The lowest BCUT2D eigenvalue weighted by Crippen LogP contribution is -2.29. The van der Waals surface area contributed by atoms with E-state index in [1.54, 1.807) is 11.0 Å². The van der Waals surface area contributed by atoms with E-state index in [9.17, 15) is 14.4 Å². The van der Waals surface area contributed by atoms with E-state index in [0.29, 0.717) is 45.7 Å². The van der Waals surface area contributed by atoms with Crippen LogP contribution in [0.2, 0.25) is 0 Å². The number of thioether (sulfide) groups is 1. The van der Waals surface area contributed by atoms with Crippen LogP contribution in [0.25, 0.3) is 17.3 Å². The number of aromatic nitrogens is 1. The molecule has 32 heavy (non-hydrogen) atoms. The van der Waals surface area contributed by atoms with Crippen LogP contribution < -0.4 is 5.32 Å². The number of nitrogens with zero attached hydrogens (tertiary/aromatic N) is 2. The molecule has 0 unspecified atom stereocenters. The Bertz CT molecular complexity index is 1080. The summed E-state index contributed by atoms with van der Waals surface area (Å²) in [5.41, 5.74) is 2.74. The molecule has 1 saturated heterocycles. The molecule has 0 saturated carbocycles. The lowest BCUT2D eigenvalue weighted by atomic mass is 10.1. The summed E-state index contributed by atoms with van der Waals surface area (Å²) in [5.74, 6) is -1.14. The Morgan fingerprint density at radius 1 is 1.16 bits per heavy atom. The number of carbonyl (C=O) groups excluding carboxylic acids is 2. The van der Waals surface area contributed by atoms with E-state index in [1.165, 1.54) is 18.7 Å². The maximum absolute atomic E-state index is 12.8. The van der Waals surface area contributed by atoms with E-state index in [4.69, 9.17) is 17.3 Å². The number of pyridine rings is 1. The second-order valence-corrected chi connectivity index (χ2v) is 8.89. The average molecular weight is 470 g/mol. The number of carboxylic acid groups (broad SMARTS) is 1. The van der Waals surface area contributed by atoms with Gasteiger partial charge in [0.15, 0.2) is 0 Å². The Morgan fingerprint density at radius 2 is 1.94 bits per heavy atom. The number of hydrogen-bond acceptors (Lipinski definition) is 6. The van der Waals surface area contributed by atoms with Gasteiger partial charge in [-0.25, -0.2) is 4.98 Å². The topological polar surface area (TPSA) is 99.6 Å². The summed E-state index contributed by atoms with van der Waals surface area (Å²) in [4.78, 5) is 41.6. The highest BCUT2D eigenvalue weighted by Gasteiger charge is 2.31. The summed E-state index contributed by atoms with van der Waals surface area (Å²) in [6, 6.07) is 12.9. The fourth-order valence-corrected chi connectivity index (χ4v) is 4.53. The molecule has 1 aromatic carbocycles. The van der Waals surface area contributed by atoms with Gasteiger partial charge in [-0.15, -0.1) is 0 Å². The molecule has 1 fully saturated rings. The fraction of sp³-hybridized carbons (Fsp3) is 0.261. The molecular formula is C23H23N3O4S2. The Hall–Kier alpha value is -3.04. The molecule has 0 spiro atoms. The van der Waals surface area contributed by atoms with Gasteiger partial charge in [0.2, 0.25) is 5.91 Å². The van der Waals surface area contributed by atoms with E-state index in [2.05, 4.69) is 10.3 Å². The zero-order valence-corrected chi connectivity index (χ0v) is 19.2. The smallest absolute Gasteiger partial charge is 0.303 e. The molecule has 1 aliphatic heterocycles. The van der Waals surface area contributed by atoms with E-state index < -0.39 is 5.97 Å². The van der Waals surface area contributed by atoms with Crippen LogP contribution in [0.1, 0.15) is 38.3 Å². The quantitative estimate of drug-likeness (QED) is 0.316. The fourth-order valence-electron chi connectivity index (χ4n) is 3.24. The second-order valence-electron chi connectivity index (χ2n) is 7.21. The lowest BCUT2D eigenvalue weighted by Gasteiger charge is -2.13. The highest BCUT2D eigenvalue weighted by molar-refractivity contribution is 8.26. The molecule has 9 heteroatoms. The number of para-hydroxylation sites is 1. The molecule has 1 aliphatic rings. The van der Waals surface area contributed by atoms with Gasteiger partial charge >= 0.3 is 5.97 Å². The molecule has 1 aromatic heterocycles. The van der Waals surface area contributed by atoms with Crippen molar-refractivity contribution in [1.82, 2.24) is 9.88 Å². The third kappa shape index (κ3) is 6.24. The minimum absolute atomic E-state index is 0.130. The van der Waals surface area contributed by atoms with Gasteiger partial charge in [0.25, 0.3) is 5.91 Å². The maximum atomic E-state index is 12.8. The van der Waals surface area contributed by atoms with Gasteiger partial charge in [-0.1, -0.05) is 54.7 Å². The van der Waals surface area contributed by atoms with E-state index >= 15 is 0 Å². The van der Waals surface area contributed by atoms with Crippen LogP contribution in [0.3, 0.4) is 0 Å². The molecule has 0 atom stereocenters. The van der Waals surface area contributed by atoms with Crippen LogP contribution in [0, 0.1) is 0 Å². The normalized spacial score (nSPS) is 14.8. The summed E-state index contributed by atoms with van der Waals surface area (Å²) in [5, 5.41) is 11.5. The molecule has 2 aromatic rings. The second kappa shape index (κ2) is 11.0. The lowest BCUT2D eigenvalue weighted by molar-refractivity contribution is -0.137. The third-order valence-electron chi connectivity index (χ3n) is 4.71. The van der Waals surface area contributed by atoms with Crippen molar-refractivity contribution in [3.8, 4) is 11.3 Å². The largest absolute Gasteiger partial charge is 0.481 e. The maximum Gasteiger partial charge on any atom is 0.303 e.